The van der Waals surface area contributed by atoms with E-state index in [1.807, 2.05) is 0 Å². The fourth-order valence-electron chi connectivity index (χ4n) is 2.79. The summed E-state index contributed by atoms with van der Waals surface area (Å²) in [4.78, 5) is 0.0699. The Labute approximate surface area is 149 Å². The van der Waals surface area contributed by atoms with E-state index in [0.717, 1.165) is 23.7 Å². The number of methoxy groups -OCH3 is 1. The Morgan fingerprint density at radius 3 is 2.24 bits per heavy atom. The summed E-state index contributed by atoms with van der Waals surface area (Å²) >= 11 is 0. The quantitative estimate of drug-likeness (QED) is 0.646. The first-order valence-corrected chi connectivity index (χ1v) is 10.8. The van der Waals surface area contributed by atoms with Crippen molar-refractivity contribution in [2.45, 2.75) is 28.2 Å². The molecule has 25 heavy (non-hydrogen) atoms. The number of hydrogen-bond acceptors (Lipinski definition) is 6. The van der Waals surface area contributed by atoms with Crippen LogP contribution in [0.3, 0.4) is 0 Å². The molecule has 0 aliphatic carbocycles. The Morgan fingerprint density at radius 1 is 1.16 bits per heavy atom. The van der Waals surface area contributed by atoms with Gasteiger partial charge in [0.05, 0.1) is 21.9 Å². The van der Waals surface area contributed by atoms with Crippen LogP contribution < -0.4 is 10.0 Å². The molecule has 2 N–H and O–H groups in total. The summed E-state index contributed by atoms with van der Waals surface area (Å²) in [6.07, 6.45) is 1.78. The van der Waals surface area contributed by atoms with Gasteiger partial charge in [0, 0.05) is 27.7 Å². The van der Waals surface area contributed by atoms with E-state index < -0.39 is 25.6 Å². The SMILES string of the molecule is COCC1(CNS(=O)(=O)c2ccc(S(=O)(=O)N(C)C)cc2)CCCN1. The zero-order chi connectivity index (χ0) is 18.7. The van der Waals surface area contributed by atoms with Crippen LogP contribution in [-0.4, -0.2) is 67.6 Å². The summed E-state index contributed by atoms with van der Waals surface area (Å²) in [7, 11) is -2.90. The predicted molar refractivity (Wildman–Crippen MR) is 94.3 cm³/mol. The van der Waals surface area contributed by atoms with Crippen molar-refractivity contribution >= 4 is 20.0 Å². The van der Waals surface area contributed by atoms with Crippen LogP contribution in [0.25, 0.3) is 0 Å². The van der Waals surface area contributed by atoms with Gasteiger partial charge in [-0.15, -0.1) is 0 Å². The summed E-state index contributed by atoms with van der Waals surface area (Å²) in [5.74, 6) is 0. The third kappa shape index (κ3) is 4.57. The molecule has 1 fully saturated rings. The van der Waals surface area contributed by atoms with Gasteiger partial charge in [0.1, 0.15) is 0 Å². The van der Waals surface area contributed by atoms with Crippen molar-refractivity contribution in [3.8, 4) is 0 Å². The molecule has 1 aliphatic rings. The van der Waals surface area contributed by atoms with E-state index in [-0.39, 0.29) is 16.3 Å². The molecule has 0 bridgehead atoms. The van der Waals surface area contributed by atoms with Crippen molar-refractivity contribution in [3.63, 3.8) is 0 Å². The molecule has 8 nitrogen and oxygen atoms in total. The predicted octanol–water partition coefficient (Wildman–Crippen LogP) is -0.0162. The van der Waals surface area contributed by atoms with E-state index in [0.29, 0.717) is 6.61 Å². The van der Waals surface area contributed by atoms with Gasteiger partial charge in [0.25, 0.3) is 0 Å². The minimum atomic E-state index is -3.74. The molecule has 0 aromatic heterocycles. The smallest absolute Gasteiger partial charge is 0.242 e. The summed E-state index contributed by atoms with van der Waals surface area (Å²) < 4.78 is 58.0. The minimum Gasteiger partial charge on any atom is -0.383 e. The number of rotatable bonds is 8. The topological polar surface area (TPSA) is 105 Å². The fourth-order valence-corrected chi connectivity index (χ4v) is 4.82. The second kappa shape index (κ2) is 7.68. The van der Waals surface area contributed by atoms with Gasteiger partial charge in [0.15, 0.2) is 0 Å². The zero-order valence-electron chi connectivity index (χ0n) is 14.6. The highest BCUT2D eigenvalue weighted by molar-refractivity contribution is 7.89. The molecule has 1 saturated heterocycles. The second-order valence-corrected chi connectivity index (χ2v) is 10.2. The van der Waals surface area contributed by atoms with Crippen molar-refractivity contribution in [1.82, 2.24) is 14.3 Å². The maximum absolute atomic E-state index is 12.5. The first kappa shape index (κ1) is 20.3. The number of ether oxygens (including phenoxy) is 1. The lowest BCUT2D eigenvalue weighted by Gasteiger charge is -2.28. The third-order valence-electron chi connectivity index (χ3n) is 4.27. The monoisotopic (exact) mass is 391 g/mol. The number of sulfonamides is 2. The van der Waals surface area contributed by atoms with E-state index in [9.17, 15) is 16.8 Å². The average molecular weight is 392 g/mol. The van der Waals surface area contributed by atoms with Gasteiger partial charge < -0.3 is 10.1 Å². The molecule has 142 valence electrons. The molecular formula is C15H25N3O5S2. The highest BCUT2D eigenvalue weighted by atomic mass is 32.2. The summed E-state index contributed by atoms with van der Waals surface area (Å²) in [5.41, 5.74) is -0.407. The van der Waals surface area contributed by atoms with Gasteiger partial charge in [-0.1, -0.05) is 0 Å². The summed E-state index contributed by atoms with van der Waals surface area (Å²) in [6, 6.07) is 5.18. The first-order valence-electron chi connectivity index (χ1n) is 7.89. The molecule has 0 spiro atoms. The summed E-state index contributed by atoms with van der Waals surface area (Å²) in [5, 5.41) is 3.30. The molecule has 1 aromatic rings. The van der Waals surface area contributed by atoms with E-state index in [1.54, 1.807) is 7.11 Å². The highest BCUT2D eigenvalue weighted by Gasteiger charge is 2.34. The number of nitrogens with zero attached hydrogens (tertiary/aromatic N) is 1. The van der Waals surface area contributed by atoms with Crippen LogP contribution in [0.4, 0.5) is 0 Å². The maximum atomic E-state index is 12.5. The second-order valence-electron chi connectivity index (χ2n) is 6.33. The Bertz CT molecular complexity index is 783. The normalized spacial score (nSPS) is 21.8. The van der Waals surface area contributed by atoms with Crippen molar-refractivity contribution in [3.05, 3.63) is 24.3 Å². The van der Waals surface area contributed by atoms with E-state index >= 15 is 0 Å². The minimum absolute atomic E-state index is 0.0239. The van der Waals surface area contributed by atoms with Crippen LogP contribution in [0.15, 0.2) is 34.1 Å². The van der Waals surface area contributed by atoms with E-state index in [4.69, 9.17) is 4.74 Å². The fraction of sp³-hybridized carbons (Fsp3) is 0.600. The Morgan fingerprint density at radius 2 is 1.76 bits per heavy atom. The molecule has 0 saturated carbocycles. The Kier molecular flexibility index (Phi) is 6.23. The number of benzene rings is 1. The van der Waals surface area contributed by atoms with Crippen LogP contribution in [0.2, 0.25) is 0 Å². The molecule has 1 aromatic carbocycles. The molecule has 1 heterocycles. The van der Waals surface area contributed by atoms with Gasteiger partial charge in [-0.05, 0) is 43.7 Å². The number of hydrogen-bond donors (Lipinski definition) is 2. The van der Waals surface area contributed by atoms with Crippen LogP contribution in [0.5, 0.6) is 0 Å². The molecule has 0 amide bonds. The lowest BCUT2D eigenvalue weighted by molar-refractivity contribution is 0.122. The molecule has 2 rings (SSSR count). The van der Waals surface area contributed by atoms with Crippen molar-refractivity contribution in [2.75, 3.05) is 40.9 Å². The average Bonchev–Trinajstić information content (AvgIpc) is 3.02. The Hall–Kier alpha value is -1.04. The van der Waals surface area contributed by atoms with Crippen molar-refractivity contribution < 1.29 is 21.6 Å². The zero-order valence-corrected chi connectivity index (χ0v) is 16.3. The molecular weight excluding hydrogens is 366 g/mol. The molecule has 0 radical (unpaired) electrons. The molecule has 1 unspecified atom stereocenters. The lowest BCUT2D eigenvalue weighted by atomic mass is 9.99. The maximum Gasteiger partial charge on any atom is 0.242 e. The lowest BCUT2D eigenvalue weighted by Crippen LogP contribution is -2.52. The Balaban J connectivity index is 2.14. The number of nitrogens with one attached hydrogen (secondary N) is 2. The van der Waals surface area contributed by atoms with Gasteiger partial charge in [0.2, 0.25) is 20.0 Å². The van der Waals surface area contributed by atoms with Crippen molar-refractivity contribution in [2.24, 2.45) is 0 Å². The molecule has 1 atom stereocenters. The van der Waals surface area contributed by atoms with Gasteiger partial charge in [-0.3, -0.25) is 0 Å². The van der Waals surface area contributed by atoms with Gasteiger partial charge >= 0.3 is 0 Å². The highest BCUT2D eigenvalue weighted by Crippen LogP contribution is 2.21. The van der Waals surface area contributed by atoms with Gasteiger partial charge in [-0.2, -0.15) is 0 Å². The largest absolute Gasteiger partial charge is 0.383 e. The molecule has 10 heteroatoms. The van der Waals surface area contributed by atoms with E-state index in [2.05, 4.69) is 10.0 Å². The van der Waals surface area contributed by atoms with Gasteiger partial charge in [-0.25, -0.2) is 25.9 Å². The summed E-state index contributed by atoms with van der Waals surface area (Å²) in [6.45, 7) is 1.44. The standard InChI is InChI=1S/C15H25N3O5S2/c1-18(2)25(21,22)14-7-5-13(6-8-14)24(19,20)17-11-15(12-23-3)9-4-10-16-15/h5-8,16-17H,4,9-12H2,1-3H3. The molecule has 1 aliphatic heterocycles. The third-order valence-corrected chi connectivity index (χ3v) is 7.51. The van der Waals surface area contributed by atoms with Crippen LogP contribution >= 0.6 is 0 Å². The van der Waals surface area contributed by atoms with Crippen LogP contribution in [0.1, 0.15) is 12.8 Å². The first-order chi connectivity index (χ1) is 11.6. The van der Waals surface area contributed by atoms with E-state index in [1.165, 1.54) is 38.4 Å². The van der Waals surface area contributed by atoms with Crippen LogP contribution in [0, 0.1) is 0 Å². The van der Waals surface area contributed by atoms with Crippen LogP contribution in [-0.2, 0) is 24.8 Å². The van der Waals surface area contributed by atoms with Crippen molar-refractivity contribution in [1.29, 1.82) is 0 Å².